The van der Waals surface area contributed by atoms with Crippen molar-refractivity contribution in [2.24, 2.45) is 0 Å². The van der Waals surface area contributed by atoms with E-state index in [-0.39, 0.29) is 18.2 Å². The van der Waals surface area contributed by atoms with Crippen molar-refractivity contribution in [1.82, 2.24) is 4.98 Å². The second kappa shape index (κ2) is 8.97. The van der Waals surface area contributed by atoms with Gasteiger partial charge in [-0.3, -0.25) is 10.1 Å². The molecule has 0 aliphatic rings. The molecule has 7 nitrogen and oxygen atoms in total. The number of amides is 1. The number of nitrogens with one attached hydrogen (secondary N) is 1. The smallest absolute Gasteiger partial charge is 0.374 e. The number of aryl methyl sites for hydroxylation is 1. The van der Waals surface area contributed by atoms with Crippen molar-refractivity contribution in [3.8, 4) is 5.75 Å². The van der Waals surface area contributed by atoms with Gasteiger partial charge in [0.15, 0.2) is 11.7 Å². The minimum Gasteiger partial charge on any atom is -0.486 e. The highest BCUT2D eigenvalue weighted by Gasteiger charge is 2.16. The van der Waals surface area contributed by atoms with Gasteiger partial charge in [0.05, 0.1) is 10.2 Å². The Balaban J connectivity index is 1.27. The monoisotopic (exact) mass is 440 g/mol. The Morgan fingerprint density at radius 3 is 2.74 bits per heavy atom. The molecule has 2 aromatic heterocycles. The zero-order valence-corrected chi connectivity index (χ0v) is 17.2. The van der Waals surface area contributed by atoms with Crippen molar-refractivity contribution in [3.63, 3.8) is 0 Å². The first-order chi connectivity index (χ1) is 15.0. The number of carbonyl (C=O) groups excluding carboxylic acids is 2. The quantitative estimate of drug-likeness (QED) is 0.419. The Bertz CT molecular complexity index is 1230. The minimum atomic E-state index is -0.775. The molecule has 9 heteroatoms. The summed E-state index contributed by atoms with van der Waals surface area (Å²) in [5.74, 6) is -0.855. The van der Waals surface area contributed by atoms with E-state index >= 15 is 0 Å². The molecular weight excluding hydrogens is 423 g/mol. The van der Waals surface area contributed by atoms with Gasteiger partial charge in [-0.1, -0.05) is 17.4 Å². The molecule has 0 saturated carbocycles. The van der Waals surface area contributed by atoms with Gasteiger partial charge in [-0.15, -0.1) is 0 Å². The number of ether oxygens (including phenoxy) is 2. The van der Waals surface area contributed by atoms with E-state index in [1.165, 1.54) is 41.7 Å². The number of nitrogens with zero attached hydrogens (tertiary/aromatic N) is 1. The van der Waals surface area contributed by atoms with Gasteiger partial charge in [0, 0.05) is 0 Å². The predicted molar refractivity (Wildman–Crippen MR) is 113 cm³/mol. The van der Waals surface area contributed by atoms with Crippen LogP contribution in [0.4, 0.5) is 9.52 Å². The van der Waals surface area contributed by atoms with Crippen molar-refractivity contribution >= 4 is 38.6 Å². The molecule has 0 atom stereocenters. The molecule has 31 heavy (non-hydrogen) atoms. The summed E-state index contributed by atoms with van der Waals surface area (Å²) >= 11 is 1.34. The van der Waals surface area contributed by atoms with E-state index in [1.807, 2.05) is 25.1 Å². The number of esters is 1. The van der Waals surface area contributed by atoms with Crippen LogP contribution >= 0.6 is 11.3 Å². The summed E-state index contributed by atoms with van der Waals surface area (Å²) in [5.41, 5.74) is 1.89. The number of thiazole rings is 1. The van der Waals surface area contributed by atoms with Gasteiger partial charge in [0.25, 0.3) is 5.91 Å². The maximum Gasteiger partial charge on any atom is 0.374 e. The van der Waals surface area contributed by atoms with Gasteiger partial charge in [-0.25, -0.2) is 14.2 Å². The fraction of sp³-hybridized carbons (Fsp3) is 0.136. The van der Waals surface area contributed by atoms with Crippen LogP contribution in [0.15, 0.2) is 59.0 Å². The molecule has 0 spiro atoms. The summed E-state index contributed by atoms with van der Waals surface area (Å²) < 4.78 is 29.7. The van der Waals surface area contributed by atoms with Crippen molar-refractivity contribution in [2.75, 3.05) is 11.9 Å². The van der Waals surface area contributed by atoms with E-state index in [2.05, 4.69) is 10.3 Å². The Kier molecular flexibility index (Phi) is 5.94. The highest BCUT2D eigenvalue weighted by molar-refractivity contribution is 7.22. The number of carbonyl (C=O) groups is 2. The summed E-state index contributed by atoms with van der Waals surface area (Å²) in [5, 5.41) is 3.05. The summed E-state index contributed by atoms with van der Waals surface area (Å²) in [7, 11) is 0. The van der Waals surface area contributed by atoms with E-state index in [1.54, 1.807) is 6.07 Å². The molecule has 158 valence electrons. The van der Waals surface area contributed by atoms with Crippen molar-refractivity contribution in [2.45, 2.75) is 13.5 Å². The van der Waals surface area contributed by atoms with Crippen LogP contribution < -0.4 is 10.1 Å². The second-order valence-electron chi connectivity index (χ2n) is 6.62. The van der Waals surface area contributed by atoms with Crippen LogP contribution in [0.3, 0.4) is 0 Å². The van der Waals surface area contributed by atoms with Crippen molar-refractivity contribution in [3.05, 3.63) is 77.5 Å². The first-order valence-electron chi connectivity index (χ1n) is 9.27. The average molecular weight is 440 g/mol. The third kappa shape index (κ3) is 5.26. The van der Waals surface area contributed by atoms with Gasteiger partial charge in [-0.2, -0.15) is 0 Å². The van der Waals surface area contributed by atoms with E-state index in [4.69, 9.17) is 13.9 Å². The third-order valence-electron chi connectivity index (χ3n) is 4.18. The van der Waals surface area contributed by atoms with Crippen LogP contribution in [0.2, 0.25) is 0 Å². The zero-order chi connectivity index (χ0) is 21.8. The number of hydrogen-bond donors (Lipinski definition) is 1. The molecule has 2 aromatic carbocycles. The van der Waals surface area contributed by atoms with Gasteiger partial charge in [0.2, 0.25) is 5.76 Å². The molecule has 0 unspecified atom stereocenters. The minimum absolute atomic E-state index is 0.0521. The van der Waals surface area contributed by atoms with Crippen LogP contribution in [0.1, 0.15) is 21.9 Å². The van der Waals surface area contributed by atoms with E-state index < -0.39 is 18.5 Å². The summed E-state index contributed by atoms with van der Waals surface area (Å²) in [4.78, 5) is 28.5. The Morgan fingerprint density at radius 2 is 1.94 bits per heavy atom. The first kappa shape index (κ1) is 20.5. The largest absolute Gasteiger partial charge is 0.486 e. The summed E-state index contributed by atoms with van der Waals surface area (Å²) in [6, 6.07) is 14.3. The maximum atomic E-state index is 12.9. The topological polar surface area (TPSA) is 90.7 Å². The predicted octanol–water partition coefficient (Wildman–Crippen LogP) is 4.71. The highest BCUT2D eigenvalue weighted by Crippen LogP contribution is 2.26. The number of hydrogen-bond acceptors (Lipinski definition) is 7. The molecule has 2 heterocycles. The Labute approximate surface area is 180 Å². The van der Waals surface area contributed by atoms with E-state index in [0.717, 1.165) is 15.8 Å². The standard InChI is InChI=1S/C22H17FN2O5S/c1-13-2-8-17-19(10-13)31-22(24-17)25-20(26)12-29-21(27)18-9-7-16(30-18)11-28-15-5-3-14(23)4-6-15/h2-10H,11-12H2,1H3,(H,24,25,26). The van der Waals surface area contributed by atoms with Crippen LogP contribution in [0, 0.1) is 12.7 Å². The van der Waals surface area contributed by atoms with Gasteiger partial charge in [-0.05, 0) is 61.0 Å². The third-order valence-corrected chi connectivity index (χ3v) is 5.12. The van der Waals surface area contributed by atoms with Crippen LogP contribution in [0.25, 0.3) is 10.2 Å². The second-order valence-corrected chi connectivity index (χ2v) is 7.65. The summed E-state index contributed by atoms with van der Waals surface area (Å²) in [6.45, 7) is 1.55. The number of fused-ring (bicyclic) bond motifs is 1. The molecule has 1 amide bonds. The van der Waals surface area contributed by atoms with Gasteiger partial charge < -0.3 is 13.9 Å². The fourth-order valence-electron chi connectivity index (χ4n) is 2.69. The molecule has 0 aliphatic heterocycles. The number of aromatic nitrogens is 1. The molecule has 4 aromatic rings. The molecule has 1 N–H and O–H groups in total. The summed E-state index contributed by atoms with van der Waals surface area (Å²) in [6.07, 6.45) is 0. The lowest BCUT2D eigenvalue weighted by Crippen LogP contribution is -2.20. The maximum absolute atomic E-state index is 12.9. The molecule has 0 saturated heterocycles. The molecule has 0 aliphatic carbocycles. The lowest BCUT2D eigenvalue weighted by Gasteiger charge is -2.04. The number of rotatable bonds is 7. The van der Waals surface area contributed by atoms with Gasteiger partial charge in [0.1, 0.15) is 23.9 Å². The number of benzene rings is 2. The SMILES string of the molecule is Cc1ccc2nc(NC(=O)COC(=O)c3ccc(COc4ccc(F)cc4)o3)sc2c1. The average Bonchev–Trinajstić information content (AvgIpc) is 3.38. The Morgan fingerprint density at radius 1 is 1.13 bits per heavy atom. The van der Waals surface area contributed by atoms with Crippen LogP contribution in [-0.2, 0) is 16.1 Å². The number of anilines is 1. The zero-order valence-electron chi connectivity index (χ0n) is 16.4. The fourth-order valence-corrected chi connectivity index (χ4v) is 3.67. The number of furan rings is 1. The highest BCUT2D eigenvalue weighted by atomic mass is 32.1. The molecule has 0 radical (unpaired) electrons. The first-order valence-corrected chi connectivity index (χ1v) is 10.1. The Hall–Kier alpha value is -3.72. The van der Waals surface area contributed by atoms with Crippen molar-refractivity contribution < 1.29 is 27.9 Å². The van der Waals surface area contributed by atoms with Crippen LogP contribution in [0.5, 0.6) is 5.75 Å². The molecular formula is C22H17FN2O5S. The van der Waals surface area contributed by atoms with E-state index in [0.29, 0.717) is 16.6 Å². The van der Waals surface area contributed by atoms with Crippen LogP contribution in [-0.4, -0.2) is 23.5 Å². The molecule has 0 fully saturated rings. The molecule has 0 bridgehead atoms. The normalized spacial score (nSPS) is 10.8. The lowest BCUT2D eigenvalue weighted by molar-refractivity contribution is -0.119. The molecule has 4 rings (SSSR count). The number of halogens is 1. The lowest BCUT2D eigenvalue weighted by atomic mass is 10.2. The van der Waals surface area contributed by atoms with Gasteiger partial charge >= 0.3 is 5.97 Å². The van der Waals surface area contributed by atoms with Crippen molar-refractivity contribution in [1.29, 1.82) is 0 Å². The van der Waals surface area contributed by atoms with E-state index in [9.17, 15) is 14.0 Å².